The topological polar surface area (TPSA) is 50.1 Å². The number of benzene rings is 1. The summed E-state index contributed by atoms with van der Waals surface area (Å²) in [5.74, 6) is 1.14. The zero-order chi connectivity index (χ0) is 12.7. The maximum absolute atomic E-state index is 11.2. The second-order valence-electron chi connectivity index (χ2n) is 3.71. The first-order valence-electron chi connectivity index (χ1n) is 5.32. The van der Waals surface area contributed by atoms with E-state index in [0.717, 1.165) is 11.3 Å². The molecule has 0 saturated heterocycles. The predicted molar refractivity (Wildman–Crippen MR) is 68.5 cm³/mol. The van der Waals surface area contributed by atoms with E-state index in [4.69, 9.17) is 5.26 Å². The first-order chi connectivity index (χ1) is 8.19. The highest BCUT2D eigenvalue weighted by Crippen LogP contribution is 2.18. The van der Waals surface area contributed by atoms with Crippen molar-refractivity contribution in [2.75, 3.05) is 12.9 Å². The average molecular weight is 249 g/mol. The van der Waals surface area contributed by atoms with Crippen LogP contribution in [0.5, 0.6) is 0 Å². The van der Waals surface area contributed by atoms with Gasteiger partial charge in [0.15, 0.2) is 0 Å². The van der Waals surface area contributed by atoms with E-state index in [0.29, 0.717) is 11.3 Å². The molecule has 0 heterocycles. The Labute approximate surface area is 106 Å². The van der Waals surface area contributed by atoms with Crippen LogP contribution in [0.2, 0.25) is 0 Å². The number of carbonyl (C=O) groups excluding carboxylic acids is 1. The number of carbonyl (C=O) groups is 1. The number of thioether (sulfide) groups is 1. The quantitative estimate of drug-likeness (QED) is 0.753. The van der Waals surface area contributed by atoms with Crippen LogP contribution in [0.3, 0.4) is 0 Å². The van der Waals surface area contributed by atoms with E-state index in [-0.39, 0.29) is 11.9 Å². The van der Waals surface area contributed by atoms with Gasteiger partial charge in [0.1, 0.15) is 0 Å². The normalized spacial score (nSPS) is 11.6. The van der Waals surface area contributed by atoms with Crippen molar-refractivity contribution in [3.05, 3.63) is 35.4 Å². The van der Waals surface area contributed by atoms with Crippen LogP contribution in [-0.4, -0.2) is 18.8 Å². The molecule has 1 aromatic rings. The molecule has 0 bridgehead atoms. The number of hydrogen-bond donors (Lipinski definition) is 0. The van der Waals surface area contributed by atoms with E-state index < -0.39 is 0 Å². The smallest absolute Gasteiger partial charge is 0.309 e. The molecule has 4 heteroatoms. The summed E-state index contributed by atoms with van der Waals surface area (Å²) in [4.78, 5) is 11.2. The van der Waals surface area contributed by atoms with Crippen LogP contribution in [0.4, 0.5) is 0 Å². The van der Waals surface area contributed by atoms with Gasteiger partial charge in [0, 0.05) is 11.5 Å². The van der Waals surface area contributed by atoms with E-state index in [1.807, 2.05) is 25.1 Å². The van der Waals surface area contributed by atoms with Crippen LogP contribution in [0, 0.1) is 17.2 Å². The fourth-order valence-electron chi connectivity index (χ4n) is 1.37. The van der Waals surface area contributed by atoms with Gasteiger partial charge in [0.05, 0.1) is 24.7 Å². The Morgan fingerprint density at radius 3 is 2.88 bits per heavy atom. The molecule has 0 aliphatic carbocycles. The Morgan fingerprint density at radius 1 is 1.53 bits per heavy atom. The number of nitriles is 1. The third-order valence-electron chi connectivity index (χ3n) is 2.37. The van der Waals surface area contributed by atoms with Gasteiger partial charge < -0.3 is 4.74 Å². The van der Waals surface area contributed by atoms with Gasteiger partial charge in [0.2, 0.25) is 0 Å². The van der Waals surface area contributed by atoms with Gasteiger partial charge in [-0.2, -0.15) is 17.0 Å². The van der Waals surface area contributed by atoms with E-state index in [1.54, 1.807) is 17.8 Å². The predicted octanol–water partition coefficient (Wildman–Crippen LogP) is 2.60. The van der Waals surface area contributed by atoms with Crippen LogP contribution in [0.1, 0.15) is 18.1 Å². The van der Waals surface area contributed by atoms with Crippen molar-refractivity contribution in [3.63, 3.8) is 0 Å². The van der Waals surface area contributed by atoms with Crippen molar-refractivity contribution >= 4 is 17.7 Å². The fourth-order valence-corrected chi connectivity index (χ4v) is 2.45. The van der Waals surface area contributed by atoms with Gasteiger partial charge >= 0.3 is 5.97 Å². The molecule has 0 aliphatic rings. The minimum Gasteiger partial charge on any atom is -0.469 e. The van der Waals surface area contributed by atoms with Gasteiger partial charge in [-0.15, -0.1) is 0 Å². The van der Waals surface area contributed by atoms with Crippen LogP contribution in [0.15, 0.2) is 24.3 Å². The van der Waals surface area contributed by atoms with Gasteiger partial charge in [-0.3, -0.25) is 4.79 Å². The summed E-state index contributed by atoms with van der Waals surface area (Å²) in [6.07, 6.45) is 0. The summed E-state index contributed by atoms with van der Waals surface area (Å²) in [5.41, 5.74) is 1.71. The number of nitrogens with zero attached hydrogens (tertiary/aromatic N) is 1. The number of methoxy groups -OCH3 is 1. The highest BCUT2D eigenvalue weighted by molar-refractivity contribution is 7.98. The van der Waals surface area contributed by atoms with Crippen LogP contribution in [0.25, 0.3) is 0 Å². The summed E-state index contributed by atoms with van der Waals surface area (Å²) in [6.45, 7) is 1.84. The molecule has 0 saturated carbocycles. The zero-order valence-corrected chi connectivity index (χ0v) is 10.8. The van der Waals surface area contributed by atoms with Gasteiger partial charge in [-0.1, -0.05) is 25.1 Å². The summed E-state index contributed by atoms with van der Waals surface area (Å²) in [7, 11) is 1.40. The van der Waals surface area contributed by atoms with Crippen LogP contribution < -0.4 is 0 Å². The number of hydrogen-bond acceptors (Lipinski definition) is 4. The van der Waals surface area contributed by atoms with E-state index in [2.05, 4.69) is 10.8 Å². The molecule has 0 spiro atoms. The summed E-state index contributed by atoms with van der Waals surface area (Å²) in [6, 6.07) is 9.67. The molecule has 0 N–H and O–H groups in total. The maximum atomic E-state index is 11.2. The lowest BCUT2D eigenvalue weighted by atomic mass is 10.1. The van der Waals surface area contributed by atoms with E-state index in [1.165, 1.54) is 7.11 Å². The molecule has 17 heavy (non-hydrogen) atoms. The van der Waals surface area contributed by atoms with Gasteiger partial charge in [-0.25, -0.2) is 0 Å². The Bertz CT molecular complexity index is 426. The Morgan fingerprint density at radius 2 is 2.24 bits per heavy atom. The van der Waals surface area contributed by atoms with Crippen LogP contribution >= 0.6 is 11.8 Å². The Hall–Kier alpha value is -1.47. The summed E-state index contributed by atoms with van der Waals surface area (Å²) in [5, 5.41) is 8.92. The van der Waals surface area contributed by atoms with Crippen molar-refractivity contribution in [2.45, 2.75) is 12.7 Å². The highest BCUT2D eigenvalue weighted by atomic mass is 32.2. The van der Waals surface area contributed by atoms with Crippen LogP contribution in [-0.2, 0) is 15.3 Å². The first-order valence-corrected chi connectivity index (χ1v) is 6.48. The van der Waals surface area contributed by atoms with Crippen molar-refractivity contribution in [3.8, 4) is 6.07 Å². The van der Waals surface area contributed by atoms with Crippen molar-refractivity contribution in [1.29, 1.82) is 5.26 Å². The monoisotopic (exact) mass is 249 g/mol. The maximum Gasteiger partial charge on any atom is 0.309 e. The third kappa shape index (κ3) is 4.12. The molecule has 1 atom stereocenters. The molecule has 90 valence electrons. The summed E-state index contributed by atoms with van der Waals surface area (Å²) < 4.78 is 4.66. The van der Waals surface area contributed by atoms with Gasteiger partial charge in [-0.05, 0) is 11.6 Å². The molecule has 3 nitrogen and oxygen atoms in total. The lowest BCUT2D eigenvalue weighted by Crippen LogP contribution is -2.14. The molecule has 1 rings (SSSR count). The van der Waals surface area contributed by atoms with Crippen molar-refractivity contribution < 1.29 is 9.53 Å². The molecule has 1 aromatic carbocycles. The average Bonchev–Trinajstić information content (AvgIpc) is 2.38. The summed E-state index contributed by atoms with van der Waals surface area (Å²) >= 11 is 1.64. The molecule has 0 amide bonds. The number of rotatable bonds is 5. The molecular weight excluding hydrogens is 234 g/mol. The molecule has 0 aromatic heterocycles. The SMILES string of the molecule is COC(=O)C(C)CSCc1ccccc1C#N. The largest absolute Gasteiger partial charge is 0.469 e. The zero-order valence-electron chi connectivity index (χ0n) is 9.97. The lowest BCUT2D eigenvalue weighted by molar-refractivity contribution is -0.143. The van der Waals surface area contributed by atoms with E-state index in [9.17, 15) is 4.79 Å². The van der Waals surface area contributed by atoms with Crippen molar-refractivity contribution in [1.82, 2.24) is 0 Å². The minimum atomic E-state index is -0.189. The standard InChI is InChI=1S/C13H15NO2S/c1-10(13(15)16-2)8-17-9-12-6-4-3-5-11(12)7-14/h3-6,10H,8-9H2,1-2H3. The highest BCUT2D eigenvalue weighted by Gasteiger charge is 2.13. The Kier molecular flexibility index (Phi) is 5.58. The third-order valence-corrected chi connectivity index (χ3v) is 3.62. The minimum absolute atomic E-state index is 0.112. The second kappa shape index (κ2) is 6.97. The molecule has 1 unspecified atom stereocenters. The molecule has 0 aliphatic heterocycles. The first kappa shape index (κ1) is 13.6. The molecule has 0 fully saturated rings. The molecular formula is C13H15NO2S. The van der Waals surface area contributed by atoms with E-state index >= 15 is 0 Å². The second-order valence-corrected chi connectivity index (χ2v) is 4.74. The molecule has 0 radical (unpaired) electrons. The fraction of sp³-hybridized carbons (Fsp3) is 0.385. The van der Waals surface area contributed by atoms with Gasteiger partial charge in [0.25, 0.3) is 0 Å². The number of ether oxygens (including phenoxy) is 1. The Balaban J connectivity index is 2.46. The lowest BCUT2D eigenvalue weighted by Gasteiger charge is -2.09. The van der Waals surface area contributed by atoms with Crippen molar-refractivity contribution in [2.24, 2.45) is 5.92 Å². The number of esters is 1.